The summed E-state index contributed by atoms with van der Waals surface area (Å²) in [6, 6.07) is 5.85. The minimum absolute atomic E-state index is 0.0275. The van der Waals surface area contributed by atoms with Gasteiger partial charge in [0.1, 0.15) is 17.5 Å². The first-order valence-electron chi connectivity index (χ1n) is 9.08. The Balaban J connectivity index is 1.46. The zero-order chi connectivity index (χ0) is 17.6. The van der Waals surface area contributed by atoms with Crippen LogP contribution in [0, 0.1) is 5.92 Å². The lowest BCUT2D eigenvalue weighted by atomic mass is 9.86. The van der Waals surface area contributed by atoms with E-state index in [9.17, 15) is 4.79 Å². The van der Waals surface area contributed by atoms with Crippen molar-refractivity contribution in [1.82, 2.24) is 10.2 Å². The van der Waals surface area contributed by atoms with E-state index >= 15 is 0 Å². The van der Waals surface area contributed by atoms with Crippen LogP contribution in [-0.4, -0.2) is 42.3 Å². The van der Waals surface area contributed by atoms with Gasteiger partial charge in [-0.2, -0.15) is 0 Å². The summed E-state index contributed by atoms with van der Waals surface area (Å²) in [7, 11) is 0. The fraction of sp³-hybridized carbons (Fsp3) is 0.632. The number of alkyl carbamates (subject to hydrolysis) is 1. The van der Waals surface area contributed by atoms with Gasteiger partial charge in [0.05, 0.1) is 6.04 Å². The van der Waals surface area contributed by atoms with Gasteiger partial charge in [0, 0.05) is 23.0 Å². The Hall–Kier alpha value is -1.27. The van der Waals surface area contributed by atoms with Crippen molar-refractivity contribution in [3.8, 4) is 5.75 Å². The number of nitrogens with one attached hydrogen (secondary N) is 1. The first-order valence-corrected chi connectivity index (χ1v) is 9.87. The summed E-state index contributed by atoms with van der Waals surface area (Å²) >= 11 is 3.49. The normalized spacial score (nSPS) is 32.4. The van der Waals surface area contributed by atoms with Gasteiger partial charge in [0.15, 0.2) is 0 Å². The maximum atomic E-state index is 12.5. The summed E-state index contributed by atoms with van der Waals surface area (Å²) in [4.78, 5) is 14.9. The lowest BCUT2D eigenvalue weighted by Crippen LogP contribution is -2.53. The van der Waals surface area contributed by atoms with Crippen molar-refractivity contribution in [3.05, 3.63) is 28.2 Å². The van der Waals surface area contributed by atoms with E-state index in [2.05, 4.69) is 26.1 Å². The Morgan fingerprint density at radius 2 is 2.12 bits per heavy atom. The standard InChI is InChI=1S/C19H25BrN2O3/c1-19(2)10-15(14-4-3-13(20)9-16(14)25-19)21-18(23)24-17-11-22-7-5-12(17)6-8-22/h3-4,9,12,15,17H,5-8,10-11H2,1-2H3,(H,21,23)/t15?,17-/m1/s1. The Kier molecular flexibility index (Phi) is 4.44. The van der Waals surface area contributed by atoms with Crippen LogP contribution >= 0.6 is 15.9 Å². The van der Waals surface area contributed by atoms with Gasteiger partial charge < -0.3 is 14.8 Å². The number of hydrogen-bond acceptors (Lipinski definition) is 4. The molecule has 1 aromatic carbocycles. The number of carbonyl (C=O) groups excluding carboxylic acids is 1. The third kappa shape index (κ3) is 3.65. The minimum atomic E-state index is -0.332. The highest BCUT2D eigenvalue weighted by Gasteiger charge is 2.38. The van der Waals surface area contributed by atoms with Crippen molar-refractivity contribution in [2.45, 2.75) is 50.9 Å². The van der Waals surface area contributed by atoms with E-state index < -0.39 is 0 Å². The predicted molar refractivity (Wildman–Crippen MR) is 98.8 cm³/mol. The number of nitrogens with zero attached hydrogens (tertiary/aromatic N) is 1. The Labute approximate surface area is 157 Å². The highest BCUT2D eigenvalue weighted by molar-refractivity contribution is 9.10. The van der Waals surface area contributed by atoms with Gasteiger partial charge >= 0.3 is 6.09 Å². The molecule has 0 spiro atoms. The average Bonchev–Trinajstić information content (AvgIpc) is 2.54. The second-order valence-corrected chi connectivity index (χ2v) is 8.94. The molecule has 0 aromatic heterocycles. The molecular formula is C19H25BrN2O3. The molecule has 4 aliphatic heterocycles. The van der Waals surface area contributed by atoms with E-state index in [1.807, 2.05) is 32.0 Å². The zero-order valence-electron chi connectivity index (χ0n) is 14.8. The van der Waals surface area contributed by atoms with Crippen molar-refractivity contribution < 1.29 is 14.3 Å². The second-order valence-electron chi connectivity index (χ2n) is 8.03. The van der Waals surface area contributed by atoms with Crippen molar-refractivity contribution in [2.24, 2.45) is 5.92 Å². The summed E-state index contributed by atoms with van der Waals surface area (Å²) in [6.07, 6.45) is 2.71. The van der Waals surface area contributed by atoms with Crippen LogP contribution in [0.3, 0.4) is 0 Å². The molecule has 0 radical (unpaired) electrons. The van der Waals surface area contributed by atoms with Crippen molar-refractivity contribution >= 4 is 22.0 Å². The Morgan fingerprint density at radius 3 is 2.80 bits per heavy atom. The van der Waals surface area contributed by atoms with E-state index in [1.54, 1.807) is 0 Å². The largest absolute Gasteiger partial charge is 0.487 e. The number of amides is 1. The molecule has 3 fully saturated rings. The van der Waals surface area contributed by atoms with Crippen LogP contribution < -0.4 is 10.1 Å². The molecule has 25 heavy (non-hydrogen) atoms. The molecule has 1 amide bonds. The highest BCUT2D eigenvalue weighted by Crippen LogP contribution is 2.41. The lowest BCUT2D eigenvalue weighted by Gasteiger charge is -2.44. The van der Waals surface area contributed by atoms with Crippen LogP contribution in [0.2, 0.25) is 0 Å². The van der Waals surface area contributed by atoms with Gasteiger partial charge in [0.2, 0.25) is 0 Å². The zero-order valence-corrected chi connectivity index (χ0v) is 16.3. The summed E-state index contributed by atoms with van der Waals surface area (Å²) in [5, 5.41) is 3.08. The monoisotopic (exact) mass is 408 g/mol. The maximum Gasteiger partial charge on any atom is 0.407 e. The van der Waals surface area contributed by atoms with Crippen molar-refractivity contribution in [1.29, 1.82) is 0 Å². The average molecular weight is 409 g/mol. The van der Waals surface area contributed by atoms with Gasteiger partial charge in [-0.05, 0) is 57.8 Å². The SMILES string of the molecule is CC1(C)CC(NC(=O)O[C@@H]2CN3CCC2CC3)c2ccc(Br)cc2O1. The summed E-state index contributed by atoms with van der Waals surface area (Å²) < 4.78 is 12.8. The number of piperidine rings is 3. The van der Waals surface area contributed by atoms with E-state index in [-0.39, 0.29) is 23.8 Å². The van der Waals surface area contributed by atoms with E-state index in [0.717, 1.165) is 54.7 Å². The molecular weight excluding hydrogens is 384 g/mol. The molecule has 4 heterocycles. The number of benzene rings is 1. The van der Waals surface area contributed by atoms with Crippen LogP contribution in [0.4, 0.5) is 4.79 Å². The number of ether oxygens (including phenoxy) is 2. The maximum absolute atomic E-state index is 12.5. The van der Waals surface area contributed by atoms with Gasteiger partial charge in [0.25, 0.3) is 0 Å². The Bertz CT molecular complexity index is 671. The predicted octanol–water partition coefficient (Wildman–Crippen LogP) is 3.87. The summed E-state index contributed by atoms with van der Waals surface area (Å²) in [6.45, 7) is 7.25. The second kappa shape index (κ2) is 6.47. The molecule has 5 nitrogen and oxygen atoms in total. The molecule has 0 aliphatic carbocycles. The van der Waals surface area contributed by atoms with Crippen LogP contribution in [-0.2, 0) is 4.74 Å². The molecule has 1 unspecified atom stereocenters. The molecule has 2 atom stereocenters. The van der Waals surface area contributed by atoms with Crippen LogP contribution in [0.15, 0.2) is 22.7 Å². The topological polar surface area (TPSA) is 50.8 Å². The van der Waals surface area contributed by atoms with Gasteiger partial charge in [-0.1, -0.05) is 22.0 Å². The number of halogens is 1. The van der Waals surface area contributed by atoms with E-state index in [0.29, 0.717) is 5.92 Å². The molecule has 0 saturated carbocycles. The highest BCUT2D eigenvalue weighted by atomic mass is 79.9. The minimum Gasteiger partial charge on any atom is -0.487 e. The fourth-order valence-electron chi connectivity index (χ4n) is 4.31. The van der Waals surface area contributed by atoms with Gasteiger partial charge in [-0.25, -0.2) is 4.79 Å². The number of fused-ring (bicyclic) bond motifs is 4. The van der Waals surface area contributed by atoms with Gasteiger partial charge in [-0.15, -0.1) is 0 Å². The molecule has 2 bridgehead atoms. The molecule has 6 heteroatoms. The van der Waals surface area contributed by atoms with E-state index in [1.165, 1.54) is 0 Å². The quantitative estimate of drug-likeness (QED) is 0.806. The molecule has 5 rings (SSSR count). The molecule has 136 valence electrons. The third-order valence-electron chi connectivity index (χ3n) is 5.58. The van der Waals surface area contributed by atoms with Crippen LogP contribution in [0.25, 0.3) is 0 Å². The van der Waals surface area contributed by atoms with Crippen LogP contribution in [0.1, 0.15) is 44.7 Å². The molecule has 3 saturated heterocycles. The Morgan fingerprint density at radius 1 is 1.36 bits per heavy atom. The van der Waals surface area contributed by atoms with Crippen molar-refractivity contribution in [2.75, 3.05) is 19.6 Å². The molecule has 1 N–H and O–H groups in total. The number of carbonyl (C=O) groups is 1. The lowest BCUT2D eigenvalue weighted by molar-refractivity contribution is -0.0350. The molecule has 4 aliphatic rings. The number of rotatable bonds is 2. The van der Waals surface area contributed by atoms with E-state index in [4.69, 9.17) is 9.47 Å². The smallest absolute Gasteiger partial charge is 0.407 e. The first-order chi connectivity index (χ1) is 11.9. The van der Waals surface area contributed by atoms with Crippen LogP contribution in [0.5, 0.6) is 5.75 Å². The fourth-order valence-corrected chi connectivity index (χ4v) is 4.65. The third-order valence-corrected chi connectivity index (χ3v) is 6.07. The summed E-state index contributed by atoms with van der Waals surface area (Å²) in [5.41, 5.74) is 0.676. The van der Waals surface area contributed by atoms with Gasteiger partial charge in [-0.3, -0.25) is 4.90 Å². The summed E-state index contributed by atoms with van der Waals surface area (Å²) in [5.74, 6) is 1.34. The first kappa shape index (κ1) is 17.2. The number of hydrogen-bond donors (Lipinski definition) is 1. The molecule has 1 aromatic rings. The van der Waals surface area contributed by atoms with Crippen molar-refractivity contribution in [3.63, 3.8) is 0 Å².